The third-order valence-electron chi connectivity index (χ3n) is 4.51. The fourth-order valence-corrected chi connectivity index (χ4v) is 3.26. The van der Waals surface area contributed by atoms with Crippen molar-refractivity contribution in [3.05, 3.63) is 70.5 Å². The van der Waals surface area contributed by atoms with Crippen LogP contribution in [0.3, 0.4) is 0 Å². The lowest BCUT2D eigenvalue weighted by molar-refractivity contribution is -0.135. The molecule has 2 aromatic carbocycles. The van der Waals surface area contributed by atoms with Gasteiger partial charge in [-0.1, -0.05) is 24.3 Å². The summed E-state index contributed by atoms with van der Waals surface area (Å²) in [6.07, 6.45) is 0. The molecule has 0 spiro atoms. The fourth-order valence-electron chi connectivity index (χ4n) is 3.26. The summed E-state index contributed by atoms with van der Waals surface area (Å²) in [5.74, 6) is -2.98. The number of para-hydroxylation sites is 1. The molecule has 2 aromatic heterocycles. The molecule has 146 valence electrons. The van der Waals surface area contributed by atoms with Crippen LogP contribution in [0.1, 0.15) is 10.4 Å². The quantitative estimate of drug-likeness (QED) is 0.415. The number of hydrogen-bond donors (Lipinski definition) is 4. The first-order chi connectivity index (χ1) is 13.9. The summed E-state index contributed by atoms with van der Waals surface area (Å²) in [6, 6.07) is 14.6. The van der Waals surface area contributed by atoms with Crippen molar-refractivity contribution in [2.24, 2.45) is 0 Å². The van der Waals surface area contributed by atoms with Gasteiger partial charge in [0, 0.05) is 5.39 Å². The molecule has 9 nitrogen and oxygen atoms in total. The third-order valence-corrected chi connectivity index (χ3v) is 4.51. The number of hydrogen-bond acceptors (Lipinski definition) is 5. The van der Waals surface area contributed by atoms with E-state index in [1.807, 2.05) is 0 Å². The van der Waals surface area contributed by atoms with Gasteiger partial charge >= 0.3 is 5.97 Å². The van der Waals surface area contributed by atoms with Gasteiger partial charge in [0.05, 0.1) is 11.2 Å². The molecular formula is C20H15N3O6. The van der Waals surface area contributed by atoms with Gasteiger partial charge in [0.2, 0.25) is 0 Å². The minimum atomic E-state index is -1.29. The van der Waals surface area contributed by atoms with Gasteiger partial charge in [-0.2, -0.15) is 0 Å². The standard InChI is InChI=1S/C20H15N3O6/c24-15-8-4-7-13-12(15)9-14-18(27)17(19(28)21-10-16(25)26)20(29)22(23(13)14)11-5-2-1-3-6-11/h1-9,24,27H,10H2,(H,21,28)(H,25,26). The highest BCUT2D eigenvalue weighted by Gasteiger charge is 2.25. The summed E-state index contributed by atoms with van der Waals surface area (Å²) < 4.78 is 2.59. The number of benzene rings is 2. The van der Waals surface area contributed by atoms with E-state index in [0.29, 0.717) is 16.6 Å². The van der Waals surface area contributed by atoms with Gasteiger partial charge in [-0.05, 0) is 30.3 Å². The maximum atomic E-state index is 13.2. The van der Waals surface area contributed by atoms with E-state index in [9.17, 15) is 24.6 Å². The molecule has 0 aliphatic heterocycles. The number of carbonyl (C=O) groups is 2. The highest BCUT2D eigenvalue weighted by atomic mass is 16.4. The van der Waals surface area contributed by atoms with Crippen LogP contribution in [-0.4, -0.2) is 42.9 Å². The first-order valence-electron chi connectivity index (χ1n) is 8.57. The van der Waals surface area contributed by atoms with Crippen molar-refractivity contribution in [3.8, 4) is 17.2 Å². The number of phenols is 1. The number of rotatable bonds is 4. The highest BCUT2D eigenvalue weighted by molar-refractivity contribution is 6.02. The topological polar surface area (TPSA) is 133 Å². The number of aromatic hydroxyl groups is 2. The number of carboxylic acids is 1. The van der Waals surface area contributed by atoms with Crippen LogP contribution >= 0.6 is 0 Å². The predicted octanol–water partition coefficient (Wildman–Crippen LogP) is 1.47. The molecule has 0 radical (unpaired) electrons. The molecule has 9 heteroatoms. The lowest BCUT2D eigenvalue weighted by Gasteiger charge is -2.15. The van der Waals surface area contributed by atoms with Gasteiger partial charge in [-0.15, -0.1) is 0 Å². The van der Waals surface area contributed by atoms with E-state index in [0.717, 1.165) is 0 Å². The Bertz CT molecular complexity index is 1340. The van der Waals surface area contributed by atoms with E-state index in [1.165, 1.54) is 21.3 Å². The van der Waals surface area contributed by atoms with Crippen molar-refractivity contribution in [3.63, 3.8) is 0 Å². The molecule has 0 saturated carbocycles. The van der Waals surface area contributed by atoms with Crippen molar-refractivity contribution >= 4 is 28.3 Å². The van der Waals surface area contributed by atoms with Crippen molar-refractivity contribution in [1.29, 1.82) is 0 Å². The fraction of sp³-hybridized carbons (Fsp3) is 0.0500. The summed E-state index contributed by atoms with van der Waals surface area (Å²) in [5.41, 5.74) is -0.482. The van der Waals surface area contributed by atoms with Gasteiger partial charge < -0.3 is 20.6 Å². The number of carboxylic acid groups (broad SMARTS) is 1. The third kappa shape index (κ3) is 2.85. The number of carbonyl (C=O) groups excluding carboxylic acids is 1. The number of fused-ring (bicyclic) bond motifs is 3. The van der Waals surface area contributed by atoms with Crippen molar-refractivity contribution in [1.82, 2.24) is 14.5 Å². The van der Waals surface area contributed by atoms with E-state index in [-0.39, 0.29) is 11.3 Å². The zero-order chi connectivity index (χ0) is 20.7. The van der Waals surface area contributed by atoms with Crippen molar-refractivity contribution in [2.75, 3.05) is 6.54 Å². The van der Waals surface area contributed by atoms with E-state index in [4.69, 9.17) is 5.11 Å². The van der Waals surface area contributed by atoms with E-state index < -0.39 is 35.3 Å². The average Bonchev–Trinajstić information content (AvgIpc) is 3.08. The molecule has 0 fully saturated rings. The second-order valence-electron chi connectivity index (χ2n) is 6.30. The zero-order valence-electron chi connectivity index (χ0n) is 14.9. The number of aliphatic carboxylic acids is 1. The molecule has 2 heterocycles. The number of phenolic OH excluding ortho intramolecular Hbond substituents is 1. The van der Waals surface area contributed by atoms with Gasteiger partial charge in [-0.25, -0.2) is 9.20 Å². The average molecular weight is 393 g/mol. The molecule has 0 bridgehead atoms. The highest BCUT2D eigenvalue weighted by Crippen LogP contribution is 2.33. The molecule has 0 aliphatic rings. The Morgan fingerprint density at radius 2 is 1.69 bits per heavy atom. The summed E-state index contributed by atoms with van der Waals surface area (Å²) in [7, 11) is 0. The summed E-state index contributed by atoms with van der Waals surface area (Å²) in [6.45, 7) is -0.710. The smallest absolute Gasteiger partial charge is 0.322 e. The zero-order valence-corrected chi connectivity index (χ0v) is 14.9. The molecule has 0 saturated heterocycles. The first kappa shape index (κ1) is 18.1. The number of aromatic nitrogens is 2. The first-order valence-corrected chi connectivity index (χ1v) is 8.57. The Morgan fingerprint density at radius 1 is 0.966 bits per heavy atom. The van der Waals surface area contributed by atoms with Gasteiger partial charge in [0.15, 0.2) is 11.3 Å². The Hall–Kier alpha value is -4.27. The molecule has 4 rings (SSSR count). The molecular weight excluding hydrogens is 378 g/mol. The second-order valence-corrected chi connectivity index (χ2v) is 6.30. The SMILES string of the molecule is O=C(O)CNC(=O)c1c(O)c2cc3c(O)cccc3n2n(-c2ccccc2)c1=O. The molecule has 4 N–H and O–H groups in total. The largest absolute Gasteiger partial charge is 0.507 e. The van der Waals surface area contributed by atoms with Crippen LogP contribution < -0.4 is 10.9 Å². The maximum absolute atomic E-state index is 13.2. The van der Waals surface area contributed by atoms with Crippen LogP contribution in [0, 0.1) is 0 Å². The van der Waals surface area contributed by atoms with E-state index in [2.05, 4.69) is 5.32 Å². The Morgan fingerprint density at radius 3 is 2.38 bits per heavy atom. The molecule has 1 amide bonds. The molecule has 0 aliphatic carbocycles. The van der Waals surface area contributed by atoms with Crippen LogP contribution in [0.4, 0.5) is 0 Å². The minimum Gasteiger partial charge on any atom is -0.507 e. The van der Waals surface area contributed by atoms with Gasteiger partial charge in [-0.3, -0.25) is 14.4 Å². The Kier molecular flexibility index (Phi) is 4.19. The van der Waals surface area contributed by atoms with E-state index in [1.54, 1.807) is 42.5 Å². The number of nitrogens with zero attached hydrogens (tertiary/aromatic N) is 2. The van der Waals surface area contributed by atoms with Crippen molar-refractivity contribution in [2.45, 2.75) is 0 Å². The minimum absolute atomic E-state index is 0.0606. The summed E-state index contributed by atoms with van der Waals surface area (Å²) >= 11 is 0. The summed E-state index contributed by atoms with van der Waals surface area (Å²) in [5, 5.41) is 32.2. The van der Waals surface area contributed by atoms with Gasteiger partial charge in [0.25, 0.3) is 11.5 Å². The van der Waals surface area contributed by atoms with Crippen molar-refractivity contribution < 1.29 is 24.9 Å². The Balaban J connectivity index is 2.13. The molecule has 29 heavy (non-hydrogen) atoms. The second kappa shape index (κ2) is 6.71. The number of nitrogens with one attached hydrogen (secondary N) is 1. The van der Waals surface area contributed by atoms with E-state index >= 15 is 0 Å². The van der Waals surface area contributed by atoms with Crippen LogP contribution in [-0.2, 0) is 4.79 Å². The Labute approximate surface area is 162 Å². The monoisotopic (exact) mass is 393 g/mol. The number of amides is 1. The van der Waals surface area contributed by atoms with Crippen LogP contribution in [0.25, 0.3) is 22.1 Å². The lowest BCUT2D eigenvalue weighted by Crippen LogP contribution is -2.37. The van der Waals surface area contributed by atoms with Crippen LogP contribution in [0.2, 0.25) is 0 Å². The molecule has 4 aromatic rings. The molecule has 0 atom stereocenters. The summed E-state index contributed by atoms with van der Waals surface area (Å²) in [4.78, 5) is 36.5. The van der Waals surface area contributed by atoms with Gasteiger partial charge in [0.1, 0.15) is 17.8 Å². The lowest BCUT2D eigenvalue weighted by atomic mass is 10.2. The predicted molar refractivity (Wildman–Crippen MR) is 104 cm³/mol. The van der Waals surface area contributed by atoms with Crippen LogP contribution in [0.5, 0.6) is 11.5 Å². The maximum Gasteiger partial charge on any atom is 0.322 e. The normalized spacial score (nSPS) is 11.0. The van der Waals surface area contributed by atoms with Crippen LogP contribution in [0.15, 0.2) is 59.4 Å². The molecule has 0 unspecified atom stereocenters.